The van der Waals surface area contributed by atoms with Crippen LogP contribution in [0.1, 0.15) is 34.6 Å². The Morgan fingerprint density at radius 3 is 2.08 bits per heavy atom. The SMILES string of the molecule is C/C=C\C(C=NC(C)(C)C)=C/C. The molecule has 0 rings (SSSR count). The van der Waals surface area contributed by atoms with Crippen LogP contribution in [0.2, 0.25) is 0 Å². The maximum absolute atomic E-state index is 4.40. The zero-order valence-electron chi connectivity index (χ0n) is 8.76. The van der Waals surface area contributed by atoms with Crippen LogP contribution in [0.5, 0.6) is 0 Å². The molecule has 0 spiro atoms. The van der Waals surface area contributed by atoms with Gasteiger partial charge in [0.2, 0.25) is 0 Å². The number of rotatable bonds is 2. The van der Waals surface area contributed by atoms with Gasteiger partial charge in [0.1, 0.15) is 0 Å². The zero-order chi connectivity index (χ0) is 9.61. The van der Waals surface area contributed by atoms with Gasteiger partial charge in [-0.15, -0.1) is 0 Å². The summed E-state index contributed by atoms with van der Waals surface area (Å²) >= 11 is 0. The lowest BCUT2D eigenvalue weighted by molar-refractivity contribution is 0.586. The first-order chi connectivity index (χ1) is 5.49. The average Bonchev–Trinajstić information content (AvgIpc) is 1.96. The number of allylic oxidation sites excluding steroid dienone is 4. The second-order valence-electron chi connectivity index (χ2n) is 3.72. The smallest absolute Gasteiger partial charge is 0.0524 e. The molecule has 0 aromatic heterocycles. The molecule has 0 heterocycles. The highest BCUT2D eigenvalue weighted by atomic mass is 14.8. The van der Waals surface area contributed by atoms with Gasteiger partial charge in [-0.25, -0.2) is 0 Å². The Balaban J connectivity index is 4.32. The molecular weight excluding hydrogens is 146 g/mol. The van der Waals surface area contributed by atoms with Crippen LogP contribution in [0.15, 0.2) is 28.8 Å². The molecule has 1 nitrogen and oxygen atoms in total. The number of nitrogens with zero attached hydrogens (tertiary/aromatic N) is 1. The predicted molar refractivity (Wildman–Crippen MR) is 56.8 cm³/mol. The lowest BCUT2D eigenvalue weighted by Crippen LogP contribution is -2.09. The van der Waals surface area contributed by atoms with Gasteiger partial charge in [-0.1, -0.05) is 18.2 Å². The van der Waals surface area contributed by atoms with Gasteiger partial charge in [0.15, 0.2) is 0 Å². The van der Waals surface area contributed by atoms with Gasteiger partial charge in [0.05, 0.1) is 5.54 Å². The second kappa shape index (κ2) is 4.91. The topological polar surface area (TPSA) is 12.4 Å². The monoisotopic (exact) mass is 165 g/mol. The molecule has 0 aromatic carbocycles. The normalized spacial score (nSPS) is 14.9. The van der Waals surface area contributed by atoms with Crippen LogP contribution >= 0.6 is 0 Å². The Morgan fingerprint density at radius 2 is 1.75 bits per heavy atom. The van der Waals surface area contributed by atoms with Gasteiger partial charge in [-0.3, -0.25) is 4.99 Å². The van der Waals surface area contributed by atoms with Gasteiger partial charge in [-0.2, -0.15) is 0 Å². The van der Waals surface area contributed by atoms with E-state index in [9.17, 15) is 0 Å². The minimum absolute atomic E-state index is 0.0237. The highest BCUT2D eigenvalue weighted by molar-refractivity contribution is 5.82. The van der Waals surface area contributed by atoms with E-state index in [1.54, 1.807) is 0 Å². The Kier molecular flexibility index (Phi) is 4.57. The van der Waals surface area contributed by atoms with Crippen molar-refractivity contribution in [1.29, 1.82) is 0 Å². The molecule has 0 aliphatic carbocycles. The molecule has 0 bridgehead atoms. The van der Waals surface area contributed by atoms with Crippen molar-refractivity contribution in [2.45, 2.75) is 40.2 Å². The minimum Gasteiger partial charge on any atom is -0.287 e. The first-order valence-corrected chi connectivity index (χ1v) is 4.34. The summed E-state index contributed by atoms with van der Waals surface area (Å²) in [6.07, 6.45) is 8.04. The maximum atomic E-state index is 4.40. The van der Waals surface area contributed by atoms with E-state index < -0.39 is 0 Å². The van der Waals surface area contributed by atoms with Crippen molar-refractivity contribution in [2.75, 3.05) is 0 Å². The maximum Gasteiger partial charge on any atom is 0.0524 e. The Labute approximate surface area is 75.9 Å². The van der Waals surface area contributed by atoms with E-state index in [1.165, 1.54) is 0 Å². The minimum atomic E-state index is 0.0237. The fourth-order valence-electron chi connectivity index (χ4n) is 0.674. The van der Waals surface area contributed by atoms with E-state index in [1.807, 2.05) is 26.1 Å². The molecule has 1 heteroatoms. The van der Waals surface area contributed by atoms with Crippen LogP contribution in [0, 0.1) is 0 Å². The first kappa shape index (κ1) is 11.2. The van der Waals surface area contributed by atoms with Gasteiger partial charge in [-0.05, 0) is 40.2 Å². The van der Waals surface area contributed by atoms with E-state index in [4.69, 9.17) is 0 Å². The summed E-state index contributed by atoms with van der Waals surface area (Å²) in [5.41, 5.74) is 1.18. The Morgan fingerprint density at radius 1 is 1.17 bits per heavy atom. The second-order valence-corrected chi connectivity index (χ2v) is 3.72. The van der Waals surface area contributed by atoms with Gasteiger partial charge in [0, 0.05) is 6.21 Å². The van der Waals surface area contributed by atoms with E-state index in [0.717, 1.165) is 5.57 Å². The summed E-state index contributed by atoms with van der Waals surface area (Å²) in [5, 5.41) is 0. The van der Waals surface area contributed by atoms with Crippen molar-refractivity contribution in [3.63, 3.8) is 0 Å². The molecule has 0 aromatic rings. The molecule has 68 valence electrons. The lowest BCUT2D eigenvalue weighted by Gasteiger charge is -2.10. The molecule has 12 heavy (non-hydrogen) atoms. The third-order valence-electron chi connectivity index (χ3n) is 1.29. The fourth-order valence-corrected chi connectivity index (χ4v) is 0.674. The van der Waals surface area contributed by atoms with Gasteiger partial charge < -0.3 is 0 Å². The predicted octanol–water partition coefficient (Wildman–Crippen LogP) is 3.38. The number of hydrogen-bond acceptors (Lipinski definition) is 1. The van der Waals surface area contributed by atoms with Crippen LogP contribution in [0.25, 0.3) is 0 Å². The number of hydrogen-bond donors (Lipinski definition) is 0. The van der Waals surface area contributed by atoms with Crippen LogP contribution in [-0.4, -0.2) is 11.8 Å². The van der Waals surface area contributed by atoms with Crippen LogP contribution in [0.4, 0.5) is 0 Å². The Hall–Kier alpha value is -0.850. The number of aliphatic imine (C=N–C) groups is 1. The van der Waals surface area contributed by atoms with Crippen molar-refractivity contribution in [2.24, 2.45) is 4.99 Å². The van der Waals surface area contributed by atoms with Crippen molar-refractivity contribution in [1.82, 2.24) is 0 Å². The quantitative estimate of drug-likeness (QED) is 0.439. The molecule has 0 saturated heterocycles. The zero-order valence-corrected chi connectivity index (χ0v) is 8.76. The summed E-state index contributed by atoms with van der Waals surface area (Å²) in [7, 11) is 0. The van der Waals surface area contributed by atoms with E-state index in [0.29, 0.717) is 0 Å². The van der Waals surface area contributed by atoms with Crippen molar-refractivity contribution >= 4 is 6.21 Å². The van der Waals surface area contributed by atoms with Gasteiger partial charge in [0.25, 0.3) is 0 Å². The molecule has 0 amide bonds. The molecule has 0 aliphatic rings. The van der Waals surface area contributed by atoms with Crippen LogP contribution < -0.4 is 0 Å². The third kappa shape index (κ3) is 5.90. The molecule has 0 fully saturated rings. The summed E-state index contributed by atoms with van der Waals surface area (Å²) in [6.45, 7) is 10.3. The van der Waals surface area contributed by atoms with Crippen molar-refractivity contribution in [3.8, 4) is 0 Å². The summed E-state index contributed by atoms with van der Waals surface area (Å²) < 4.78 is 0. The highest BCUT2D eigenvalue weighted by Gasteiger charge is 2.04. The molecular formula is C11H19N. The standard InChI is InChI=1S/C11H19N/c1-6-8-10(7-2)9-12-11(3,4)5/h6-9H,1-5H3/b8-6-,10-7+,12-9?. The van der Waals surface area contributed by atoms with Gasteiger partial charge >= 0.3 is 0 Å². The van der Waals surface area contributed by atoms with Crippen LogP contribution in [0.3, 0.4) is 0 Å². The third-order valence-corrected chi connectivity index (χ3v) is 1.29. The molecule has 0 saturated carbocycles. The average molecular weight is 165 g/mol. The summed E-state index contributed by atoms with van der Waals surface area (Å²) in [4.78, 5) is 4.40. The largest absolute Gasteiger partial charge is 0.287 e. The molecule has 0 unspecified atom stereocenters. The van der Waals surface area contributed by atoms with Crippen molar-refractivity contribution in [3.05, 3.63) is 23.8 Å². The first-order valence-electron chi connectivity index (χ1n) is 4.34. The lowest BCUT2D eigenvalue weighted by atomic mass is 10.1. The molecule has 0 atom stereocenters. The molecule has 0 aliphatic heterocycles. The highest BCUT2D eigenvalue weighted by Crippen LogP contribution is 2.06. The Bertz CT molecular complexity index is 202. The van der Waals surface area contributed by atoms with E-state index >= 15 is 0 Å². The summed E-state index contributed by atoms with van der Waals surface area (Å²) in [5.74, 6) is 0. The van der Waals surface area contributed by atoms with Crippen LogP contribution in [-0.2, 0) is 0 Å². The van der Waals surface area contributed by atoms with Crippen molar-refractivity contribution < 1.29 is 0 Å². The van der Waals surface area contributed by atoms with E-state index in [-0.39, 0.29) is 5.54 Å². The molecule has 0 N–H and O–H groups in total. The summed E-state index contributed by atoms with van der Waals surface area (Å²) in [6, 6.07) is 0. The van der Waals surface area contributed by atoms with E-state index in [2.05, 4.69) is 37.9 Å². The molecule has 0 radical (unpaired) electrons. The fraction of sp³-hybridized carbons (Fsp3) is 0.545.